The second-order valence-corrected chi connectivity index (χ2v) is 7.37. The van der Waals surface area contributed by atoms with Crippen molar-refractivity contribution in [1.82, 2.24) is 9.38 Å². The van der Waals surface area contributed by atoms with Crippen molar-refractivity contribution >= 4 is 28.9 Å². The first-order chi connectivity index (χ1) is 13.2. The van der Waals surface area contributed by atoms with Crippen molar-refractivity contribution in [3.05, 3.63) is 96.3 Å². The summed E-state index contributed by atoms with van der Waals surface area (Å²) < 4.78 is 2.00. The number of thioether (sulfide) groups is 1. The van der Waals surface area contributed by atoms with Crippen LogP contribution in [0.4, 0.5) is 5.69 Å². The second-order valence-electron chi connectivity index (χ2n) is 6.30. The van der Waals surface area contributed by atoms with Gasteiger partial charge in [-0.25, -0.2) is 4.98 Å². The summed E-state index contributed by atoms with van der Waals surface area (Å²) >= 11 is 1.45. The van der Waals surface area contributed by atoms with E-state index >= 15 is 0 Å². The second kappa shape index (κ2) is 7.68. The van der Waals surface area contributed by atoms with E-state index in [-0.39, 0.29) is 5.91 Å². The summed E-state index contributed by atoms with van der Waals surface area (Å²) in [5, 5.41) is 3.42. The number of carbonyl (C=O) groups is 1. The Balaban J connectivity index is 1.64. The number of rotatable bonds is 5. The first-order valence-corrected chi connectivity index (χ1v) is 9.60. The molecule has 134 valence electrons. The largest absolute Gasteiger partial charge is 0.325 e. The van der Waals surface area contributed by atoms with Crippen LogP contribution in [0.1, 0.15) is 16.4 Å². The van der Waals surface area contributed by atoms with Crippen molar-refractivity contribution in [3.8, 4) is 0 Å². The number of nitrogens with one attached hydrogen (secondary N) is 1. The van der Waals surface area contributed by atoms with E-state index in [4.69, 9.17) is 0 Å². The van der Waals surface area contributed by atoms with Gasteiger partial charge in [-0.2, -0.15) is 0 Å². The summed E-state index contributed by atoms with van der Waals surface area (Å²) in [6, 6.07) is 23.6. The third-order valence-corrected chi connectivity index (χ3v) is 5.52. The van der Waals surface area contributed by atoms with Gasteiger partial charge < -0.3 is 5.32 Å². The number of nitrogens with zero attached hydrogens (tertiary/aromatic N) is 2. The zero-order valence-electron chi connectivity index (χ0n) is 14.9. The van der Waals surface area contributed by atoms with E-state index in [1.807, 2.05) is 96.5 Å². The molecule has 5 heteroatoms. The number of benzene rings is 2. The quantitative estimate of drug-likeness (QED) is 0.494. The topological polar surface area (TPSA) is 46.4 Å². The molecule has 2 heterocycles. The molecule has 4 nitrogen and oxygen atoms in total. The van der Waals surface area contributed by atoms with Crippen LogP contribution in [-0.4, -0.2) is 15.3 Å². The molecule has 1 atom stereocenters. The van der Waals surface area contributed by atoms with Gasteiger partial charge in [-0.15, -0.1) is 0 Å². The number of hydrogen-bond donors (Lipinski definition) is 1. The van der Waals surface area contributed by atoms with Crippen LogP contribution in [0.25, 0.3) is 5.52 Å². The highest BCUT2D eigenvalue weighted by atomic mass is 32.2. The normalized spacial score (nSPS) is 12.0. The molecule has 1 N–H and O–H groups in total. The van der Waals surface area contributed by atoms with Gasteiger partial charge in [0.15, 0.2) is 5.16 Å². The van der Waals surface area contributed by atoms with E-state index in [1.165, 1.54) is 11.8 Å². The first-order valence-electron chi connectivity index (χ1n) is 8.72. The van der Waals surface area contributed by atoms with Crippen LogP contribution in [0.15, 0.2) is 90.3 Å². The number of carbonyl (C=O) groups excluding carboxylic acids is 1. The molecule has 0 radical (unpaired) electrons. The molecule has 0 spiro atoms. The third kappa shape index (κ3) is 3.88. The molecule has 4 rings (SSSR count). The summed E-state index contributed by atoms with van der Waals surface area (Å²) in [4.78, 5) is 17.6. The fourth-order valence-electron chi connectivity index (χ4n) is 2.86. The highest BCUT2D eigenvalue weighted by Crippen LogP contribution is 2.35. The van der Waals surface area contributed by atoms with Gasteiger partial charge in [0.05, 0.1) is 11.7 Å². The van der Waals surface area contributed by atoms with E-state index in [1.54, 1.807) is 0 Å². The summed E-state index contributed by atoms with van der Waals surface area (Å²) in [6.07, 6.45) is 3.78. The maximum Gasteiger partial charge on any atom is 0.242 e. The highest BCUT2D eigenvalue weighted by Gasteiger charge is 2.24. The Morgan fingerprint density at radius 2 is 1.74 bits per heavy atom. The Hall–Kier alpha value is -3.05. The predicted octanol–water partition coefficient (Wildman–Crippen LogP) is 5.11. The van der Waals surface area contributed by atoms with Crippen LogP contribution in [0.2, 0.25) is 0 Å². The van der Waals surface area contributed by atoms with Gasteiger partial charge in [0, 0.05) is 11.9 Å². The number of aromatic nitrogens is 2. The van der Waals surface area contributed by atoms with E-state index in [9.17, 15) is 4.79 Å². The van der Waals surface area contributed by atoms with E-state index in [0.29, 0.717) is 0 Å². The number of anilines is 1. The van der Waals surface area contributed by atoms with Crippen LogP contribution < -0.4 is 5.32 Å². The molecular formula is C22H19N3OS. The molecule has 0 fully saturated rings. The molecule has 1 unspecified atom stereocenters. The standard InChI is InChI=1S/C22H19N3OS/c1-16-10-12-18(13-11-16)24-21(26)20(17-7-3-2-4-8-17)27-22-23-15-19-9-5-6-14-25(19)22/h2-15,20H,1H3,(H,24,26). The Morgan fingerprint density at radius 3 is 2.52 bits per heavy atom. The first kappa shape index (κ1) is 17.4. The Bertz CT molecular complexity index is 1060. The number of fused-ring (bicyclic) bond motifs is 1. The highest BCUT2D eigenvalue weighted by molar-refractivity contribution is 8.00. The minimum atomic E-state index is -0.404. The molecule has 27 heavy (non-hydrogen) atoms. The SMILES string of the molecule is Cc1ccc(NC(=O)C(Sc2ncc3ccccn23)c2ccccc2)cc1. The van der Waals surface area contributed by atoms with E-state index in [2.05, 4.69) is 10.3 Å². The molecule has 0 aliphatic rings. The van der Waals surface area contributed by atoms with Crippen molar-refractivity contribution in [1.29, 1.82) is 0 Å². The zero-order chi connectivity index (χ0) is 18.6. The van der Waals surface area contributed by atoms with Gasteiger partial charge in [0.2, 0.25) is 5.91 Å². The van der Waals surface area contributed by atoms with Crippen LogP contribution in [-0.2, 0) is 4.79 Å². The Labute approximate surface area is 162 Å². The molecule has 0 bridgehead atoms. The van der Waals surface area contributed by atoms with Crippen LogP contribution in [0.5, 0.6) is 0 Å². The molecule has 0 saturated carbocycles. The van der Waals surface area contributed by atoms with Crippen molar-refractivity contribution < 1.29 is 4.79 Å². The van der Waals surface area contributed by atoms with Gasteiger partial charge in [-0.05, 0) is 36.8 Å². The minimum absolute atomic E-state index is 0.0669. The van der Waals surface area contributed by atoms with Crippen LogP contribution >= 0.6 is 11.8 Å². The lowest BCUT2D eigenvalue weighted by Crippen LogP contribution is -2.19. The van der Waals surface area contributed by atoms with Crippen molar-refractivity contribution in [3.63, 3.8) is 0 Å². The number of aryl methyl sites for hydroxylation is 1. The Morgan fingerprint density at radius 1 is 1.00 bits per heavy atom. The van der Waals surface area contributed by atoms with Crippen LogP contribution in [0.3, 0.4) is 0 Å². The number of amides is 1. The van der Waals surface area contributed by atoms with E-state index in [0.717, 1.165) is 27.5 Å². The molecule has 4 aromatic rings. The maximum atomic E-state index is 13.1. The lowest BCUT2D eigenvalue weighted by Gasteiger charge is -2.16. The molecule has 0 aliphatic carbocycles. The molecule has 0 saturated heterocycles. The monoisotopic (exact) mass is 373 g/mol. The van der Waals surface area contributed by atoms with Gasteiger partial charge in [0.25, 0.3) is 0 Å². The van der Waals surface area contributed by atoms with Gasteiger partial charge >= 0.3 is 0 Å². The molecular weight excluding hydrogens is 354 g/mol. The summed E-state index contributed by atoms with van der Waals surface area (Å²) in [7, 11) is 0. The summed E-state index contributed by atoms with van der Waals surface area (Å²) in [5.41, 5.74) is 3.90. The summed E-state index contributed by atoms with van der Waals surface area (Å²) in [5.74, 6) is -0.0669. The molecule has 0 aliphatic heterocycles. The summed E-state index contributed by atoms with van der Waals surface area (Å²) in [6.45, 7) is 2.03. The van der Waals surface area contributed by atoms with Crippen molar-refractivity contribution in [2.45, 2.75) is 17.3 Å². The minimum Gasteiger partial charge on any atom is -0.325 e. The molecule has 1 amide bonds. The molecule has 2 aromatic heterocycles. The zero-order valence-corrected chi connectivity index (χ0v) is 15.7. The third-order valence-electron chi connectivity index (χ3n) is 4.29. The average molecular weight is 373 g/mol. The molecule has 2 aromatic carbocycles. The maximum absolute atomic E-state index is 13.1. The smallest absolute Gasteiger partial charge is 0.242 e. The van der Waals surface area contributed by atoms with Gasteiger partial charge in [-0.3, -0.25) is 9.20 Å². The van der Waals surface area contributed by atoms with Gasteiger partial charge in [0.1, 0.15) is 5.25 Å². The predicted molar refractivity (Wildman–Crippen MR) is 110 cm³/mol. The fraction of sp³-hybridized carbons (Fsp3) is 0.0909. The fourth-order valence-corrected chi connectivity index (χ4v) is 3.92. The van der Waals surface area contributed by atoms with Crippen molar-refractivity contribution in [2.75, 3.05) is 5.32 Å². The number of imidazole rings is 1. The van der Waals surface area contributed by atoms with E-state index < -0.39 is 5.25 Å². The lowest BCUT2D eigenvalue weighted by atomic mass is 10.1. The number of pyridine rings is 1. The average Bonchev–Trinajstić information content (AvgIpc) is 3.11. The van der Waals surface area contributed by atoms with Crippen LogP contribution in [0, 0.1) is 6.92 Å². The lowest BCUT2D eigenvalue weighted by molar-refractivity contribution is -0.115. The van der Waals surface area contributed by atoms with Gasteiger partial charge in [-0.1, -0.05) is 65.9 Å². The van der Waals surface area contributed by atoms with Crippen molar-refractivity contribution in [2.24, 2.45) is 0 Å². The Kier molecular flexibility index (Phi) is 4.94. The number of hydrogen-bond acceptors (Lipinski definition) is 3.